The number of amidine groups is 1. The first-order valence-corrected chi connectivity index (χ1v) is 7.68. The molecule has 0 amide bonds. The Morgan fingerprint density at radius 3 is 2.74 bits per heavy atom. The van der Waals surface area contributed by atoms with Crippen molar-refractivity contribution >= 4 is 28.9 Å². The van der Waals surface area contributed by atoms with Gasteiger partial charge in [0.05, 0.1) is 11.3 Å². The second-order valence-corrected chi connectivity index (χ2v) is 5.48. The predicted molar refractivity (Wildman–Crippen MR) is 96.6 cm³/mol. The first kappa shape index (κ1) is 17.0. The average Bonchev–Trinajstić information content (AvgIpc) is 2.51. The second kappa shape index (κ2) is 7.74. The van der Waals surface area contributed by atoms with Gasteiger partial charge < -0.3 is 11.1 Å². The summed E-state index contributed by atoms with van der Waals surface area (Å²) in [5.41, 5.74) is 9.79. The molecule has 0 aliphatic rings. The number of anilines is 1. The Balaban J connectivity index is 2.40. The van der Waals surface area contributed by atoms with Crippen LogP contribution in [0.15, 0.2) is 42.0 Å². The van der Waals surface area contributed by atoms with E-state index in [0.717, 1.165) is 23.2 Å². The summed E-state index contributed by atoms with van der Waals surface area (Å²) in [5.74, 6) is 0.916. The standard InChI is InChI=1S/C17H20ClN5/c1-4-5-9-20-16-13(10-21-17(18)23-16)15(19)22-14-11(2)7-6-8-12(14)3/h4,6-8,10H,1,5,9H2,2-3H3,(H2,19,22)(H,20,21,23). The number of nitrogens with zero attached hydrogens (tertiary/aromatic N) is 3. The monoisotopic (exact) mass is 329 g/mol. The summed E-state index contributed by atoms with van der Waals surface area (Å²) < 4.78 is 0. The minimum atomic E-state index is 0.162. The number of nitrogens with two attached hydrogens (primary N) is 1. The van der Waals surface area contributed by atoms with E-state index in [1.807, 2.05) is 38.1 Å². The summed E-state index contributed by atoms with van der Waals surface area (Å²) in [7, 11) is 0. The molecule has 1 aromatic carbocycles. The SMILES string of the molecule is C=CCCNc1nc(Cl)ncc1C(N)=Nc1c(C)cccc1C. The van der Waals surface area contributed by atoms with Gasteiger partial charge in [0.2, 0.25) is 5.28 Å². The zero-order chi connectivity index (χ0) is 16.8. The lowest BCUT2D eigenvalue weighted by molar-refractivity contribution is 1.03. The van der Waals surface area contributed by atoms with Crippen LogP contribution in [0.5, 0.6) is 0 Å². The molecule has 1 aromatic heterocycles. The van der Waals surface area contributed by atoms with Gasteiger partial charge in [0.25, 0.3) is 0 Å². The molecule has 6 heteroatoms. The number of hydrogen-bond acceptors (Lipinski definition) is 4. The number of para-hydroxylation sites is 1. The summed E-state index contributed by atoms with van der Waals surface area (Å²) >= 11 is 5.88. The molecule has 0 saturated carbocycles. The first-order chi connectivity index (χ1) is 11.0. The molecule has 1 heterocycles. The number of aliphatic imine (C=N–C) groups is 1. The van der Waals surface area contributed by atoms with Crippen molar-refractivity contribution in [3.05, 3.63) is 59.0 Å². The Kier molecular flexibility index (Phi) is 5.71. The van der Waals surface area contributed by atoms with Crippen LogP contribution in [0.2, 0.25) is 5.28 Å². The molecule has 120 valence electrons. The van der Waals surface area contributed by atoms with Gasteiger partial charge in [-0.25, -0.2) is 15.0 Å². The van der Waals surface area contributed by atoms with Crippen LogP contribution in [-0.4, -0.2) is 22.3 Å². The molecule has 0 atom stereocenters. The normalized spacial score (nSPS) is 11.3. The third-order valence-corrected chi connectivity index (χ3v) is 3.53. The van der Waals surface area contributed by atoms with E-state index >= 15 is 0 Å². The minimum Gasteiger partial charge on any atom is -0.383 e. The maximum Gasteiger partial charge on any atom is 0.224 e. The van der Waals surface area contributed by atoms with E-state index in [1.165, 1.54) is 0 Å². The third-order valence-electron chi connectivity index (χ3n) is 3.35. The third kappa shape index (κ3) is 4.29. The predicted octanol–water partition coefficient (Wildman–Crippen LogP) is 3.77. The van der Waals surface area contributed by atoms with Gasteiger partial charge in [-0.05, 0) is 43.0 Å². The molecule has 0 spiro atoms. The number of halogens is 1. The summed E-state index contributed by atoms with van der Waals surface area (Å²) in [6.45, 7) is 8.38. The molecule has 2 aromatic rings. The molecule has 23 heavy (non-hydrogen) atoms. The lowest BCUT2D eigenvalue weighted by Crippen LogP contribution is -2.18. The number of rotatable bonds is 6. The molecule has 0 bridgehead atoms. The Bertz CT molecular complexity index is 720. The van der Waals surface area contributed by atoms with Crippen molar-refractivity contribution in [1.82, 2.24) is 9.97 Å². The van der Waals surface area contributed by atoms with Gasteiger partial charge in [-0.1, -0.05) is 24.3 Å². The number of hydrogen-bond donors (Lipinski definition) is 2. The Morgan fingerprint density at radius 1 is 1.39 bits per heavy atom. The van der Waals surface area contributed by atoms with E-state index in [1.54, 1.807) is 6.20 Å². The highest BCUT2D eigenvalue weighted by molar-refractivity contribution is 6.28. The van der Waals surface area contributed by atoms with Crippen molar-refractivity contribution in [3.63, 3.8) is 0 Å². The number of aromatic nitrogens is 2. The molecule has 0 saturated heterocycles. The fourth-order valence-electron chi connectivity index (χ4n) is 2.14. The second-order valence-electron chi connectivity index (χ2n) is 5.14. The van der Waals surface area contributed by atoms with Crippen molar-refractivity contribution in [2.75, 3.05) is 11.9 Å². The topological polar surface area (TPSA) is 76.2 Å². The molecule has 2 rings (SSSR count). The van der Waals surface area contributed by atoms with E-state index in [2.05, 4.69) is 26.9 Å². The van der Waals surface area contributed by atoms with Crippen molar-refractivity contribution in [2.45, 2.75) is 20.3 Å². The number of aryl methyl sites for hydroxylation is 2. The van der Waals surface area contributed by atoms with Crippen LogP contribution in [0.3, 0.4) is 0 Å². The zero-order valence-electron chi connectivity index (χ0n) is 13.3. The maximum absolute atomic E-state index is 6.19. The Labute approximate surface area is 141 Å². The van der Waals surface area contributed by atoms with Crippen LogP contribution < -0.4 is 11.1 Å². The lowest BCUT2D eigenvalue weighted by atomic mass is 10.1. The van der Waals surface area contributed by atoms with Crippen LogP contribution in [0.25, 0.3) is 0 Å². The molecule has 0 fully saturated rings. The quantitative estimate of drug-likeness (QED) is 0.278. The summed E-state index contributed by atoms with van der Waals surface area (Å²) in [5, 5.41) is 3.35. The number of benzene rings is 1. The van der Waals surface area contributed by atoms with Crippen LogP contribution >= 0.6 is 11.6 Å². The van der Waals surface area contributed by atoms with Gasteiger partial charge >= 0.3 is 0 Å². The van der Waals surface area contributed by atoms with Crippen molar-refractivity contribution in [1.29, 1.82) is 0 Å². The fourth-order valence-corrected chi connectivity index (χ4v) is 2.27. The zero-order valence-corrected chi connectivity index (χ0v) is 14.1. The van der Waals surface area contributed by atoms with Gasteiger partial charge in [-0.15, -0.1) is 6.58 Å². The highest BCUT2D eigenvalue weighted by atomic mass is 35.5. The van der Waals surface area contributed by atoms with Gasteiger partial charge in [-0.3, -0.25) is 0 Å². The van der Waals surface area contributed by atoms with Gasteiger partial charge in [0, 0.05) is 12.7 Å². The molecule has 0 unspecified atom stereocenters. The molecule has 0 radical (unpaired) electrons. The molecule has 0 aliphatic carbocycles. The molecule has 3 N–H and O–H groups in total. The van der Waals surface area contributed by atoms with Crippen molar-refractivity contribution < 1.29 is 0 Å². The van der Waals surface area contributed by atoms with Gasteiger partial charge in [0.1, 0.15) is 11.7 Å². The maximum atomic E-state index is 6.19. The summed E-state index contributed by atoms with van der Waals surface area (Å²) in [6, 6.07) is 6.00. The highest BCUT2D eigenvalue weighted by Gasteiger charge is 2.11. The lowest BCUT2D eigenvalue weighted by Gasteiger charge is -2.11. The molecular formula is C17H20ClN5. The van der Waals surface area contributed by atoms with Gasteiger partial charge in [0.15, 0.2) is 0 Å². The summed E-state index contributed by atoms with van der Waals surface area (Å²) in [4.78, 5) is 12.8. The Morgan fingerprint density at radius 2 is 2.09 bits per heavy atom. The van der Waals surface area contributed by atoms with Crippen molar-refractivity contribution in [2.24, 2.45) is 10.7 Å². The van der Waals surface area contributed by atoms with Crippen LogP contribution in [0.1, 0.15) is 23.1 Å². The molecule has 0 aliphatic heterocycles. The van der Waals surface area contributed by atoms with E-state index in [9.17, 15) is 0 Å². The smallest absolute Gasteiger partial charge is 0.224 e. The van der Waals surface area contributed by atoms with Crippen LogP contribution in [-0.2, 0) is 0 Å². The molecular weight excluding hydrogens is 310 g/mol. The Hall–Kier alpha value is -2.40. The van der Waals surface area contributed by atoms with E-state index in [4.69, 9.17) is 17.3 Å². The average molecular weight is 330 g/mol. The fraction of sp³-hybridized carbons (Fsp3) is 0.235. The first-order valence-electron chi connectivity index (χ1n) is 7.31. The molecule has 5 nitrogen and oxygen atoms in total. The van der Waals surface area contributed by atoms with Crippen LogP contribution in [0.4, 0.5) is 11.5 Å². The highest BCUT2D eigenvalue weighted by Crippen LogP contribution is 2.24. The van der Waals surface area contributed by atoms with E-state index in [0.29, 0.717) is 23.8 Å². The number of nitrogens with one attached hydrogen (secondary N) is 1. The van der Waals surface area contributed by atoms with Crippen LogP contribution in [0, 0.1) is 13.8 Å². The largest absolute Gasteiger partial charge is 0.383 e. The van der Waals surface area contributed by atoms with Gasteiger partial charge in [-0.2, -0.15) is 0 Å². The van der Waals surface area contributed by atoms with E-state index < -0.39 is 0 Å². The van der Waals surface area contributed by atoms with Crippen molar-refractivity contribution in [3.8, 4) is 0 Å². The summed E-state index contributed by atoms with van der Waals surface area (Å²) in [6.07, 6.45) is 4.20. The van der Waals surface area contributed by atoms with E-state index in [-0.39, 0.29) is 5.28 Å². The minimum absolute atomic E-state index is 0.162.